The lowest BCUT2D eigenvalue weighted by atomic mass is 10.1. The Morgan fingerprint density at radius 3 is 2.72 bits per heavy atom. The summed E-state index contributed by atoms with van der Waals surface area (Å²) >= 11 is 0. The van der Waals surface area contributed by atoms with Crippen molar-refractivity contribution in [2.45, 2.75) is 19.9 Å². The summed E-state index contributed by atoms with van der Waals surface area (Å²) in [6.45, 7) is 4.60. The Hall–Kier alpha value is -1.81. The molecule has 4 heteroatoms. The standard InChI is InChI=1S/C14H19N3O/c1-10-11(2)17(9-16-10)14(8-15)12-5-4-6-13(7-12)18-3/h4-7,9,14H,8,15H2,1-3H3. The number of nitrogens with zero attached hydrogens (tertiary/aromatic N) is 2. The van der Waals surface area contributed by atoms with Crippen LogP contribution in [0.3, 0.4) is 0 Å². The van der Waals surface area contributed by atoms with Gasteiger partial charge in [-0.05, 0) is 31.5 Å². The van der Waals surface area contributed by atoms with E-state index in [4.69, 9.17) is 10.5 Å². The summed E-state index contributed by atoms with van der Waals surface area (Å²) in [5, 5.41) is 0. The highest BCUT2D eigenvalue weighted by atomic mass is 16.5. The van der Waals surface area contributed by atoms with Gasteiger partial charge in [0.25, 0.3) is 0 Å². The van der Waals surface area contributed by atoms with Gasteiger partial charge in [0.05, 0.1) is 25.2 Å². The average Bonchev–Trinajstić information content (AvgIpc) is 2.72. The number of hydrogen-bond acceptors (Lipinski definition) is 3. The summed E-state index contributed by atoms with van der Waals surface area (Å²) in [6.07, 6.45) is 1.85. The first-order valence-electron chi connectivity index (χ1n) is 6.01. The highest BCUT2D eigenvalue weighted by Gasteiger charge is 2.15. The second-order valence-corrected chi connectivity index (χ2v) is 4.35. The van der Waals surface area contributed by atoms with Gasteiger partial charge in [-0.2, -0.15) is 0 Å². The molecule has 2 N–H and O–H groups in total. The Kier molecular flexibility index (Phi) is 3.67. The molecule has 0 spiro atoms. The molecule has 0 bridgehead atoms. The van der Waals surface area contributed by atoms with Gasteiger partial charge >= 0.3 is 0 Å². The van der Waals surface area contributed by atoms with Crippen LogP contribution in [0.15, 0.2) is 30.6 Å². The van der Waals surface area contributed by atoms with Crippen molar-refractivity contribution in [1.82, 2.24) is 9.55 Å². The zero-order chi connectivity index (χ0) is 13.1. The molecule has 0 aliphatic carbocycles. The SMILES string of the molecule is COc1cccc(C(CN)n2cnc(C)c2C)c1. The molecule has 1 heterocycles. The predicted octanol–water partition coefficient (Wildman–Crippen LogP) is 2.06. The minimum atomic E-state index is 0.0984. The minimum Gasteiger partial charge on any atom is -0.497 e. The van der Waals surface area contributed by atoms with E-state index in [1.165, 1.54) is 0 Å². The van der Waals surface area contributed by atoms with Crippen LogP contribution in [-0.4, -0.2) is 23.2 Å². The Labute approximate surface area is 107 Å². The summed E-state index contributed by atoms with van der Waals surface area (Å²) in [6, 6.07) is 8.10. The van der Waals surface area contributed by atoms with E-state index in [1.807, 2.05) is 31.5 Å². The van der Waals surface area contributed by atoms with Gasteiger partial charge in [-0.15, -0.1) is 0 Å². The van der Waals surface area contributed by atoms with Gasteiger partial charge in [0.2, 0.25) is 0 Å². The molecule has 0 amide bonds. The summed E-state index contributed by atoms with van der Waals surface area (Å²) in [5.74, 6) is 0.848. The van der Waals surface area contributed by atoms with Crippen molar-refractivity contribution in [2.75, 3.05) is 13.7 Å². The maximum absolute atomic E-state index is 5.92. The first-order valence-corrected chi connectivity index (χ1v) is 6.01. The average molecular weight is 245 g/mol. The number of benzene rings is 1. The van der Waals surface area contributed by atoms with E-state index in [0.29, 0.717) is 6.54 Å². The third kappa shape index (κ3) is 2.24. The summed E-state index contributed by atoms with van der Waals surface area (Å²) < 4.78 is 7.37. The number of aryl methyl sites for hydroxylation is 1. The van der Waals surface area contributed by atoms with Gasteiger partial charge in [-0.25, -0.2) is 4.98 Å². The van der Waals surface area contributed by atoms with Crippen LogP contribution in [0.1, 0.15) is 23.0 Å². The van der Waals surface area contributed by atoms with E-state index in [9.17, 15) is 0 Å². The van der Waals surface area contributed by atoms with Crippen molar-refractivity contribution in [3.05, 3.63) is 47.5 Å². The van der Waals surface area contributed by atoms with E-state index in [1.54, 1.807) is 7.11 Å². The minimum absolute atomic E-state index is 0.0984. The lowest BCUT2D eigenvalue weighted by Crippen LogP contribution is -2.20. The number of aromatic nitrogens is 2. The molecule has 18 heavy (non-hydrogen) atoms. The van der Waals surface area contributed by atoms with Crippen molar-refractivity contribution in [2.24, 2.45) is 5.73 Å². The molecule has 96 valence electrons. The number of rotatable bonds is 4. The van der Waals surface area contributed by atoms with Gasteiger partial charge in [0, 0.05) is 12.2 Å². The smallest absolute Gasteiger partial charge is 0.119 e. The number of nitrogens with two attached hydrogens (primary N) is 1. The van der Waals surface area contributed by atoms with Crippen LogP contribution >= 0.6 is 0 Å². The van der Waals surface area contributed by atoms with Crippen LogP contribution in [0.2, 0.25) is 0 Å². The van der Waals surface area contributed by atoms with E-state index >= 15 is 0 Å². The molecule has 1 aromatic carbocycles. The topological polar surface area (TPSA) is 53.1 Å². The number of methoxy groups -OCH3 is 1. The Balaban J connectivity index is 2.41. The molecular weight excluding hydrogens is 226 g/mol. The van der Waals surface area contributed by atoms with Crippen molar-refractivity contribution in [3.8, 4) is 5.75 Å². The first kappa shape index (κ1) is 12.6. The van der Waals surface area contributed by atoms with Gasteiger partial charge in [0.1, 0.15) is 5.75 Å². The predicted molar refractivity (Wildman–Crippen MR) is 71.9 cm³/mol. The van der Waals surface area contributed by atoms with E-state index in [-0.39, 0.29) is 6.04 Å². The highest BCUT2D eigenvalue weighted by molar-refractivity contribution is 5.32. The largest absolute Gasteiger partial charge is 0.497 e. The van der Waals surface area contributed by atoms with Gasteiger partial charge in [-0.1, -0.05) is 12.1 Å². The molecule has 0 saturated heterocycles. The third-order valence-corrected chi connectivity index (χ3v) is 3.32. The monoisotopic (exact) mass is 245 g/mol. The maximum atomic E-state index is 5.92. The molecule has 0 aliphatic heterocycles. The second kappa shape index (κ2) is 5.23. The van der Waals surface area contributed by atoms with Gasteiger partial charge < -0.3 is 15.0 Å². The van der Waals surface area contributed by atoms with Crippen molar-refractivity contribution in [1.29, 1.82) is 0 Å². The molecule has 2 rings (SSSR count). The molecule has 1 aromatic heterocycles. The lowest BCUT2D eigenvalue weighted by Gasteiger charge is -2.19. The van der Waals surface area contributed by atoms with E-state index in [2.05, 4.69) is 22.5 Å². The van der Waals surface area contributed by atoms with Crippen LogP contribution in [0.5, 0.6) is 5.75 Å². The third-order valence-electron chi connectivity index (χ3n) is 3.32. The summed E-state index contributed by atoms with van der Waals surface area (Å²) in [4.78, 5) is 4.33. The number of hydrogen-bond donors (Lipinski definition) is 1. The first-order chi connectivity index (χ1) is 8.67. The molecule has 0 fully saturated rings. The van der Waals surface area contributed by atoms with Crippen LogP contribution in [0, 0.1) is 13.8 Å². The summed E-state index contributed by atoms with van der Waals surface area (Å²) in [7, 11) is 1.67. The van der Waals surface area contributed by atoms with Crippen molar-refractivity contribution >= 4 is 0 Å². The van der Waals surface area contributed by atoms with E-state index in [0.717, 1.165) is 22.7 Å². The highest BCUT2D eigenvalue weighted by Crippen LogP contribution is 2.23. The summed E-state index contributed by atoms with van der Waals surface area (Å²) in [5.41, 5.74) is 9.24. The quantitative estimate of drug-likeness (QED) is 0.897. The molecule has 1 atom stereocenters. The second-order valence-electron chi connectivity index (χ2n) is 4.35. The van der Waals surface area contributed by atoms with Gasteiger partial charge in [0.15, 0.2) is 0 Å². The van der Waals surface area contributed by atoms with Crippen molar-refractivity contribution < 1.29 is 4.74 Å². The maximum Gasteiger partial charge on any atom is 0.119 e. The number of ether oxygens (including phenoxy) is 1. The van der Waals surface area contributed by atoms with Crippen LogP contribution in [0.25, 0.3) is 0 Å². The molecule has 1 unspecified atom stereocenters. The zero-order valence-corrected chi connectivity index (χ0v) is 11.1. The Morgan fingerprint density at radius 1 is 1.39 bits per heavy atom. The van der Waals surface area contributed by atoms with Crippen LogP contribution in [-0.2, 0) is 0 Å². The van der Waals surface area contributed by atoms with Gasteiger partial charge in [-0.3, -0.25) is 0 Å². The molecule has 0 saturated carbocycles. The van der Waals surface area contributed by atoms with Crippen LogP contribution in [0.4, 0.5) is 0 Å². The van der Waals surface area contributed by atoms with E-state index < -0.39 is 0 Å². The van der Waals surface area contributed by atoms with Crippen molar-refractivity contribution in [3.63, 3.8) is 0 Å². The fourth-order valence-corrected chi connectivity index (χ4v) is 2.09. The zero-order valence-electron chi connectivity index (χ0n) is 11.1. The molecule has 0 radical (unpaired) electrons. The fourth-order valence-electron chi connectivity index (χ4n) is 2.09. The normalized spacial score (nSPS) is 12.4. The van der Waals surface area contributed by atoms with Crippen LogP contribution < -0.4 is 10.5 Å². The molecular formula is C14H19N3O. The molecule has 2 aromatic rings. The molecule has 4 nitrogen and oxygen atoms in total. The number of imidazole rings is 1. The Bertz CT molecular complexity index is 534. The Morgan fingerprint density at radius 2 is 2.17 bits per heavy atom. The fraction of sp³-hybridized carbons (Fsp3) is 0.357. The lowest BCUT2D eigenvalue weighted by molar-refractivity contribution is 0.413. The molecule has 0 aliphatic rings.